The Hall–Kier alpha value is -1.30. The smallest absolute Gasteiger partial charge is 0.344 e. The third-order valence-electron chi connectivity index (χ3n) is 0.827. The molecule has 0 fully saturated rings. The molecule has 0 aliphatic rings. The molecule has 0 radical (unpaired) electrons. The van der Waals surface area contributed by atoms with Crippen LogP contribution in [0.25, 0.3) is 0 Å². The number of rotatable bonds is 2. The van der Waals surface area contributed by atoms with E-state index in [0.29, 0.717) is 0 Å². The molecule has 0 spiro atoms. The van der Waals surface area contributed by atoms with E-state index < -0.39 is 17.7 Å². The van der Waals surface area contributed by atoms with Gasteiger partial charge in [0.05, 0.1) is 0 Å². The van der Waals surface area contributed by atoms with Crippen molar-refractivity contribution in [2.45, 2.75) is 12.6 Å². The molecule has 0 unspecified atom stereocenters. The summed E-state index contributed by atoms with van der Waals surface area (Å²) in [5, 5.41) is 10.1. The Bertz CT molecular complexity index is 165. The zero-order valence-electron chi connectivity index (χ0n) is 5.42. The van der Waals surface area contributed by atoms with Gasteiger partial charge in [0.1, 0.15) is 0 Å². The van der Waals surface area contributed by atoms with Crippen molar-refractivity contribution in [3.8, 4) is 0 Å². The maximum atomic E-state index is 10.2. The molecule has 2 amide bonds. The van der Waals surface area contributed by atoms with Crippen LogP contribution in [0, 0.1) is 0 Å². The fourth-order valence-corrected chi connectivity index (χ4v) is 0.309. The van der Waals surface area contributed by atoms with Crippen molar-refractivity contribution in [3.05, 3.63) is 0 Å². The van der Waals surface area contributed by atoms with Gasteiger partial charge in [-0.05, 0) is 6.92 Å². The molecule has 10 heavy (non-hydrogen) atoms. The molecule has 6 N–H and O–H groups in total. The van der Waals surface area contributed by atoms with Gasteiger partial charge in [0.2, 0.25) is 0 Å². The Morgan fingerprint density at radius 1 is 1.60 bits per heavy atom. The number of carboxylic acids is 1. The van der Waals surface area contributed by atoms with Crippen molar-refractivity contribution in [2.75, 3.05) is 0 Å². The number of urea groups is 1. The second-order valence-electron chi connectivity index (χ2n) is 2.00. The van der Waals surface area contributed by atoms with Gasteiger partial charge < -0.3 is 16.2 Å². The summed E-state index contributed by atoms with van der Waals surface area (Å²) in [7, 11) is 0. The number of carbonyl (C=O) groups excluding carboxylic acids is 1. The lowest BCUT2D eigenvalue weighted by molar-refractivity contribution is -0.143. The van der Waals surface area contributed by atoms with Gasteiger partial charge in [-0.25, -0.2) is 9.59 Å². The largest absolute Gasteiger partial charge is 0.479 e. The minimum absolute atomic E-state index is 0.965. The molecule has 6 nitrogen and oxygen atoms in total. The molecule has 0 saturated heterocycles. The average molecular weight is 147 g/mol. The molecular formula is C4H9N3O3. The van der Waals surface area contributed by atoms with Crippen LogP contribution < -0.4 is 16.8 Å². The first-order valence-corrected chi connectivity index (χ1v) is 2.46. The summed E-state index contributed by atoms with van der Waals surface area (Å²) in [5.41, 5.74) is 7.89. The number of carbonyl (C=O) groups is 2. The number of amides is 2. The van der Waals surface area contributed by atoms with Crippen molar-refractivity contribution in [2.24, 2.45) is 11.5 Å². The summed E-state index contributed by atoms with van der Waals surface area (Å²) in [6.07, 6.45) is 0. The lowest BCUT2D eigenvalue weighted by atomic mass is 10.2. The van der Waals surface area contributed by atoms with Crippen molar-refractivity contribution < 1.29 is 14.7 Å². The second kappa shape index (κ2) is 2.53. The average Bonchev–Trinajstić information content (AvgIpc) is 1.60. The molecule has 0 aromatic rings. The molecular weight excluding hydrogens is 138 g/mol. The number of aliphatic carboxylic acids is 1. The van der Waals surface area contributed by atoms with Gasteiger partial charge in [0.15, 0.2) is 5.66 Å². The number of hydrogen-bond donors (Lipinski definition) is 4. The Balaban J connectivity index is 4.13. The van der Waals surface area contributed by atoms with Gasteiger partial charge in [0.25, 0.3) is 0 Å². The molecule has 0 aromatic heterocycles. The molecule has 0 rings (SSSR count). The minimum atomic E-state index is -1.79. The van der Waals surface area contributed by atoms with Gasteiger partial charge >= 0.3 is 12.0 Å². The molecule has 0 aromatic carbocycles. The standard InChI is InChI=1S/C4H9N3O3/c1-4(6,2(8)9)7-3(5)10/h6H2,1H3,(H,8,9)(H3,5,7,10)/t4-/m1/s1. The first-order valence-electron chi connectivity index (χ1n) is 2.46. The first-order chi connectivity index (χ1) is 4.36. The van der Waals surface area contributed by atoms with E-state index in [0.717, 1.165) is 6.92 Å². The van der Waals surface area contributed by atoms with E-state index in [1.165, 1.54) is 0 Å². The molecule has 0 aliphatic heterocycles. The maximum Gasteiger partial charge on any atom is 0.344 e. The van der Waals surface area contributed by atoms with E-state index in [-0.39, 0.29) is 0 Å². The Labute approximate surface area is 57.2 Å². The maximum absolute atomic E-state index is 10.2. The van der Waals surface area contributed by atoms with Crippen LogP contribution in [0.3, 0.4) is 0 Å². The Morgan fingerprint density at radius 2 is 2.00 bits per heavy atom. The fourth-order valence-electron chi connectivity index (χ4n) is 0.309. The van der Waals surface area contributed by atoms with E-state index in [1.807, 2.05) is 5.32 Å². The molecule has 0 aliphatic carbocycles. The van der Waals surface area contributed by atoms with Crippen LogP contribution in [-0.4, -0.2) is 22.8 Å². The molecule has 1 atom stereocenters. The lowest BCUT2D eigenvalue weighted by Gasteiger charge is -2.18. The van der Waals surface area contributed by atoms with Crippen LogP contribution in [0.1, 0.15) is 6.92 Å². The predicted molar refractivity (Wildman–Crippen MR) is 32.9 cm³/mol. The van der Waals surface area contributed by atoms with E-state index in [4.69, 9.17) is 10.8 Å². The van der Waals surface area contributed by atoms with Gasteiger partial charge in [-0.1, -0.05) is 0 Å². The number of primary amides is 1. The lowest BCUT2D eigenvalue weighted by Crippen LogP contribution is -2.60. The van der Waals surface area contributed by atoms with Gasteiger partial charge in [-0.2, -0.15) is 0 Å². The zero-order valence-corrected chi connectivity index (χ0v) is 5.42. The van der Waals surface area contributed by atoms with E-state index in [2.05, 4.69) is 5.73 Å². The highest BCUT2D eigenvalue weighted by molar-refractivity contribution is 5.84. The highest BCUT2D eigenvalue weighted by Crippen LogP contribution is 1.90. The summed E-state index contributed by atoms with van der Waals surface area (Å²) in [5.74, 6) is -1.34. The molecule has 6 heteroatoms. The monoisotopic (exact) mass is 147 g/mol. The van der Waals surface area contributed by atoms with Crippen molar-refractivity contribution in [1.82, 2.24) is 5.32 Å². The summed E-state index contributed by atoms with van der Waals surface area (Å²) < 4.78 is 0. The predicted octanol–water partition coefficient (Wildman–Crippen LogP) is -1.59. The number of nitrogens with two attached hydrogens (primary N) is 2. The van der Waals surface area contributed by atoms with Crippen LogP contribution in [0.4, 0.5) is 4.79 Å². The normalized spacial score (nSPS) is 15.4. The second-order valence-corrected chi connectivity index (χ2v) is 2.00. The molecule has 58 valence electrons. The van der Waals surface area contributed by atoms with E-state index in [1.54, 1.807) is 0 Å². The fraction of sp³-hybridized carbons (Fsp3) is 0.500. The first kappa shape index (κ1) is 8.70. The van der Waals surface area contributed by atoms with Crippen LogP contribution in [0.15, 0.2) is 0 Å². The van der Waals surface area contributed by atoms with Gasteiger partial charge in [-0.3, -0.25) is 5.73 Å². The van der Waals surface area contributed by atoms with Gasteiger partial charge in [-0.15, -0.1) is 0 Å². The minimum Gasteiger partial charge on any atom is -0.479 e. The third-order valence-corrected chi connectivity index (χ3v) is 0.827. The highest BCUT2D eigenvalue weighted by atomic mass is 16.4. The van der Waals surface area contributed by atoms with Gasteiger partial charge in [0, 0.05) is 0 Å². The van der Waals surface area contributed by atoms with Crippen molar-refractivity contribution in [1.29, 1.82) is 0 Å². The van der Waals surface area contributed by atoms with E-state index in [9.17, 15) is 9.59 Å². The van der Waals surface area contributed by atoms with Crippen LogP contribution in [0.5, 0.6) is 0 Å². The SMILES string of the molecule is C[C@@](N)(NC(N)=O)C(=O)O. The zero-order chi connectivity index (χ0) is 8.36. The van der Waals surface area contributed by atoms with Crippen LogP contribution in [-0.2, 0) is 4.79 Å². The molecule has 0 saturated carbocycles. The van der Waals surface area contributed by atoms with Crippen LogP contribution >= 0.6 is 0 Å². The third kappa shape index (κ3) is 2.31. The number of carboxylic acid groups (broad SMARTS) is 1. The summed E-state index contributed by atoms with van der Waals surface area (Å²) in [4.78, 5) is 20.2. The van der Waals surface area contributed by atoms with Crippen LogP contribution in [0.2, 0.25) is 0 Å². The Morgan fingerprint density at radius 3 is 2.10 bits per heavy atom. The highest BCUT2D eigenvalue weighted by Gasteiger charge is 2.28. The van der Waals surface area contributed by atoms with Crippen molar-refractivity contribution >= 4 is 12.0 Å². The quantitative estimate of drug-likeness (QED) is 0.352. The van der Waals surface area contributed by atoms with Crippen molar-refractivity contribution in [3.63, 3.8) is 0 Å². The number of hydrogen-bond acceptors (Lipinski definition) is 3. The summed E-state index contributed by atoms with van der Waals surface area (Å²) in [6, 6.07) is -0.965. The topological polar surface area (TPSA) is 118 Å². The van der Waals surface area contributed by atoms with E-state index >= 15 is 0 Å². The Kier molecular flexibility index (Phi) is 2.20. The number of nitrogens with one attached hydrogen (secondary N) is 1. The summed E-state index contributed by atoms with van der Waals surface area (Å²) >= 11 is 0. The summed E-state index contributed by atoms with van der Waals surface area (Å²) in [6.45, 7) is 1.13. The molecule has 0 heterocycles. The molecule has 0 bridgehead atoms.